The Morgan fingerprint density at radius 2 is 1.57 bits per heavy atom. The van der Waals surface area contributed by atoms with Gasteiger partial charge in [0.2, 0.25) is 5.91 Å². The van der Waals surface area contributed by atoms with Gasteiger partial charge in [-0.05, 0) is 31.4 Å². The number of nitrogens with zero attached hydrogens (tertiary/aromatic N) is 3. The Morgan fingerprint density at radius 1 is 0.892 bits per heavy atom. The quantitative estimate of drug-likeness (QED) is 0.415. The molecule has 1 N–H and O–H groups in total. The third kappa shape index (κ3) is 5.87. The third-order valence-corrected chi connectivity index (χ3v) is 6.87. The lowest BCUT2D eigenvalue weighted by Gasteiger charge is -2.29. The molecule has 6 nitrogen and oxygen atoms in total. The molecule has 0 radical (unpaired) electrons. The summed E-state index contributed by atoms with van der Waals surface area (Å²) >= 11 is 0. The zero-order valence-corrected chi connectivity index (χ0v) is 21.4. The molecular formula is C31H32N4O2. The van der Waals surface area contributed by atoms with Gasteiger partial charge >= 0.3 is 0 Å². The van der Waals surface area contributed by atoms with Crippen molar-refractivity contribution in [3.8, 4) is 11.4 Å². The summed E-state index contributed by atoms with van der Waals surface area (Å²) in [6.45, 7) is 6.61. The van der Waals surface area contributed by atoms with E-state index in [0.717, 1.165) is 35.5 Å². The highest BCUT2D eigenvalue weighted by atomic mass is 16.2. The molecule has 0 unspecified atom stereocenters. The van der Waals surface area contributed by atoms with Gasteiger partial charge in [0.05, 0.1) is 5.69 Å². The van der Waals surface area contributed by atoms with Crippen LogP contribution in [0.5, 0.6) is 0 Å². The van der Waals surface area contributed by atoms with Crippen molar-refractivity contribution in [2.24, 2.45) is 0 Å². The Labute approximate surface area is 217 Å². The minimum atomic E-state index is -0.209. The van der Waals surface area contributed by atoms with Crippen molar-refractivity contribution < 1.29 is 4.79 Å². The van der Waals surface area contributed by atoms with Gasteiger partial charge in [0.25, 0.3) is 5.56 Å². The molecule has 6 heteroatoms. The molecule has 4 aromatic rings. The first kappa shape index (κ1) is 24.7. The fourth-order valence-electron chi connectivity index (χ4n) is 4.73. The summed E-state index contributed by atoms with van der Waals surface area (Å²) in [4.78, 5) is 34.0. The number of amides is 1. The van der Waals surface area contributed by atoms with Crippen molar-refractivity contribution >= 4 is 5.91 Å². The van der Waals surface area contributed by atoms with E-state index in [4.69, 9.17) is 4.98 Å². The number of hydrogen-bond acceptors (Lipinski definition) is 4. The van der Waals surface area contributed by atoms with Gasteiger partial charge in [0, 0.05) is 37.3 Å². The Bertz CT molecular complexity index is 1440. The number of fused-ring (bicyclic) bond motifs is 1. The normalized spacial score (nSPS) is 13.2. The summed E-state index contributed by atoms with van der Waals surface area (Å²) in [7, 11) is 0. The van der Waals surface area contributed by atoms with E-state index in [1.54, 1.807) is 4.57 Å². The molecule has 1 aromatic heterocycles. The Kier molecular flexibility index (Phi) is 7.28. The number of nitrogens with one attached hydrogen (secondary N) is 1. The summed E-state index contributed by atoms with van der Waals surface area (Å²) in [5.74, 6) is 0.329. The third-order valence-electron chi connectivity index (χ3n) is 6.87. The molecule has 1 amide bonds. The molecule has 0 aliphatic carbocycles. The predicted octanol–water partition coefficient (Wildman–Crippen LogP) is 4.40. The maximum absolute atomic E-state index is 13.7. The zero-order chi connectivity index (χ0) is 25.8. The van der Waals surface area contributed by atoms with Crippen LogP contribution in [0.4, 0.5) is 0 Å². The molecule has 37 heavy (non-hydrogen) atoms. The first-order valence-corrected chi connectivity index (χ1v) is 12.7. The van der Waals surface area contributed by atoms with E-state index in [1.165, 1.54) is 11.1 Å². The van der Waals surface area contributed by atoms with Crippen LogP contribution in [-0.2, 0) is 37.4 Å². The van der Waals surface area contributed by atoms with Crippen molar-refractivity contribution in [3.05, 3.63) is 123 Å². The number of aryl methyl sites for hydroxylation is 2. The molecule has 3 aromatic carbocycles. The van der Waals surface area contributed by atoms with Crippen molar-refractivity contribution in [3.63, 3.8) is 0 Å². The van der Waals surface area contributed by atoms with Gasteiger partial charge in [-0.15, -0.1) is 0 Å². The molecule has 0 bridgehead atoms. The largest absolute Gasteiger partial charge is 0.350 e. The summed E-state index contributed by atoms with van der Waals surface area (Å²) < 4.78 is 1.54. The van der Waals surface area contributed by atoms with Crippen molar-refractivity contribution in [1.29, 1.82) is 0 Å². The van der Waals surface area contributed by atoms with E-state index in [2.05, 4.69) is 22.3 Å². The molecule has 0 saturated carbocycles. The summed E-state index contributed by atoms with van der Waals surface area (Å²) in [6.07, 6.45) is 0.618. The first-order chi connectivity index (χ1) is 18.0. The maximum atomic E-state index is 13.7. The number of aromatic nitrogens is 2. The number of carbonyl (C=O) groups excluding carboxylic acids is 1. The van der Waals surface area contributed by atoms with Crippen LogP contribution in [0.1, 0.15) is 33.5 Å². The van der Waals surface area contributed by atoms with E-state index in [1.807, 2.05) is 80.6 Å². The van der Waals surface area contributed by atoms with Gasteiger partial charge in [-0.1, -0.05) is 90.0 Å². The van der Waals surface area contributed by atoms with Gasteiger partial charge in [0.15, 0.2) is 0 Å². The molecule has 1 aliphatic rings. The number of rotatable bonds is 7. The lowest BCUT2D eigenvalue weighted by atomic mass is 10.0. The highest BCUT2D eigenvalue weighted by Crippen LogP contribution is 2.22. The SMILES string of the molecule is Cc1ccc(CNC(=O)Cn2c(-c3ccc(C)cc3)nc3c(c2=O)CCN(Cc2ccccc2)C3)cc1. The summed E-state index contributed by atoms with van der Waals surface area (Å²) in [6, 6.07) is 26.3. The Balaban J connectivity index is 1.42. The zero-order valence-electron chi connectivity index (χ0n) is 21.4. The summed E-state index contributed by atoms with van der Waals surface area (Å²) in [5.41, 5.74) is 6.79. The standard InChI is InChI=1S/C31H32N4O2/c1-22-8-12-24(13-9-22)18-32-29(36)21-35-30(26-14-10-23(2)11-15-26)33-28-20-34(17-16-27(28)31(35)37)19-25-6-4-3-5-7-25/h3-15H,16-21H2,1-2H3,(H,32,36). The Morgan fingerprint density at radius 3 is 2.27 bits per heavy atom. The van der Waals surface area contributed by atoms with Gasteiger partial charge in [-0.25, -0.2) is 4.98 Å². The highest BCUT2D eigenvalue weighted by Gasteiger charge is 2.25. The van der Waals surface area contributed by atoms with E-state index in [-0.39, 0.29) is 18.0 Å². The van der Waals surface area contributed by atoms with Gasteiger partial charge in [0.1, 0.15) is 12.4 Å². The minimum Gasteiger partial charge on any atom is -0.350 e. The smallest absolute Gasteiger partial charge is 0.257 e. The van der Waals surface area contributed by atoms with E-state index in [9.17, 15) is 9.59 Å². The second kappa shape index (κ2) is 10.9. The van der Waals surface area contributed by atoms with Crippen LogP contribution in [-0.4, -0.2) is 26.9 Å². The molecule has 5 rings (SSSR count). The average molecular weight is 493 g/mol. The van der Waals surface area contributed by atoms with Gasteiger partial charge in [-0.2, -0.15) is 0 Å². The molecule has 2 heterocycles. The van der Waals surface area contributed by atoms with E-state index >= 15 is 0 Å². The van der Waals surface area contributed by atoms with Crippen molar-refractivity contribution in [1.82, 2.24) is 19.8 Å². The van der Waals surface area contributed by atoms with Crippen LogP contribution in [0.25, 0.3) is 11.4 Å². The van der Waals surface area contributed by atoms with Crippen molar-refractivity contribution in [2.75, 3.05) is 6.54 Å². The van der Waals surface area contributed by atoms with Crippen LogP contribution in [0.3, 0.4) is 0 Å². The molecule has 188 valence electrons. The van der Waals surface area contributed by atoms with Crippen LogP contribution < -0.4 is 10.9 Å². The van der Waals surface area contributed by atoms with Crippen LogP contribution >= 0.6 is 0 Å². The number of carbonyl (C=O) groups is 1. The molecule has 1 aliphatic heterocycles. The second-order valence-electron chi connectivity index (χ2n) is 9.83. The van der Waals surface area contributed by atoms with Crippen LogP contribution in [0, 0.1) is 13.8 Å². The van der Waals surface area contributed by atoms with E-state index in [0.29, 0.717) is 30.9 Å². The maximum Gasteiger partial charge on any atom is 0.257 e. The monoisotopic (exact) mass is 492 g/mol. The molecule has 0 fully saturated rings. The lowest BCUT2D eigenvalue weighted by Crippen LogP contribution is -2.40. The lowest BCUT2D eigenvalue weighted by molar-refractivity contribution is -0.121. The van der Waals surface area contributed by atoms with Gasteiger partial charge in [-0.3, -0.25) is 19.1 Å². The molecule has 0 saturated heterocycles. The number of benzene rings is 3. The molecule has 0 spiro atoms. The fraction of sp³-hybridized carbons (Fsp3) is 0.258. The van der Waals surface area contributed by atoms with Gasteiger partial charge < -0.3 is 5.32 Å². The number of hydrogen-bond donors (Lipinski definition) is 1. The fourth-order valence-corrected chi connectivity index (χ4v) is 4.73. The average Bonchev–Trinajstić information content (AvgIpc) is 2.91. The predicted molar refractivity (Wildman–Crippen MR) is 146 cm³/mol. The van der Waals surface area contributed by atoms with Crippen LogP contribution in [0.15, 0.2) is 83.7 Å². The Hall–Kier alpha value is -4.03. The summed E-state index contributed by atoms with van der Waals surface area (Å²) in [5, 5.41) is 2.96. The minimum absolute atomic E-state index is 0.0675. The highest BCUT2D eigenvalue weighted by molar-refractivity contribution is 5.76. The second-order valence-corrected chi connectivity index (χ2v) is 9.83. The topological polar surface area (TPSA) is 67.2 Å². The van der Waals surface area contributed by atoms with Crippen LogP contribution in [0.2, 0.25) is 0 Å². The van der Waals surface area contributed by atoms with Crippen molar-refractivity contribution in [2.45, 2.75) is 46.4 Å². The molecule has 0 atom stereocenters. The molecular weight excluding hydrogens is 460 g/mol. The first-order valence-electron chi connectivity index (χ1n) is 12.7. The van der Waals surface area contributed by atoms with E-state index < -0.39 is 0 Å².